The largest absolute Gasteiger partial charge is 0.467 e. The van der Waals surface area contributed by atoms with E-state index in [1.54, 1.807) is 18.0 Å². The number of thioether (sulfide) groups is 1. The fourth-order valence-electron chi connectivity index (χ4n) is 3.07. The molecule has 0 atom stereocenters. The second-order valence-corrected chi connectivity index (χ2v) is 8.22. The Labute approximate surface area is 184 Å². The van der Waals surface area contributed by atoms with E-state index in [0.29, 0.717) is 18.0 Å². The lowest BCUT2D eigenvalue weighted by Crippen LogP contribution is -2.04. The molecule has 2 aromatic heterocycles. The lowest BCUT2D eigenvalue weighted by Gasteiger charge is -2.09. The first-order valence-electron chi connectivity index (χ1n) is 9.63. The van der Waals surface area contributed by atoms with Crippen molar-refractivity contribution in [3.05, 3.63) is 89.3 Å². The monoisotopic (exact) mass is 437 g/mol. The van der Waals surface area contributed by atoms with Crippen molar-refractivity contribution in [1.82, 2.24) is 14.8 Å². The normalized spacial score (nSPS) is 11.0. The van der Waals surface area contributed by atoms with Gasteiger partial charge in [-0.15, -0.1) is 10.2 Å². The summed E-state index contributed by atoms with van der Waals surface area (Å²) < 4.78 is 7.56. The number of benzene rings is 2. The first kappa shape index (κ1) is 20.4. The molecule has 2 heterocycles. The van der Waals surface area contributed by atoms with Gasteiger partial charge in [-0.25, -0.2) is 0 Å². The van der Waals surface area contributed by atoms with Crippen LogP contribution in [0.4, 0.5) is 0 Å². The van der Waals surface area contributed by atoms with Crippen LogP contribution in [-0.2, 0) is 6.54 Å². The van der Waals surface area contributed by atoms with Gasteiger partial charge in [0.2, 0.25) is 0 Å². The van der Waals surface area contributed by atoms with E-state index in [1.165, 1.54) is 0 Å². The average molecular weight is 438 g/mol. The van der Waals surface area contributed by atoms with Gasteiger partial charge in [-0.2, -0.15) is 0 Å². The smallest absolute Gasteiger partial charge is 0.191 e. The quantitative estimate of drug-likeness (QED) is 0.183. The maximum absolute atomic E-state index is 12.3. The molecule has 4 rings (SSSR count). The molecule has 0 saturated carbocycles. The Morgan fingerprint density at radius 2 is 1.80 bits per heavy atom. The molecule has 4 aromatic rings. The van der Waals surface area contributed by atoms with Crippen LogP contribution in [0.5, 0.6) is 0 Å². The van der Waals surface area contributed by atoms with Gasteiger partial charge in [0.05, 0.1) is 12.8 Å². The molecule has 5 nitrogen and oxygen atoms in total. The van der Waals surface area contributed by atoms with E-state index in [1.807, 2.05) is 71.3 Å². The number of hydrogen-bond donors (Lipinski definition) is 0. The molecule has 0 radical (unpaired) electrons. The molecule has 0 spiro atoms. The van der Waals surface area contributed by atoms with Crippen molar-refractivity contribution < 1.29 is 9.21 Å². The predicted octanol–water partition coefficient (Wildman–Crippen LogP) is 6.00. The Balaban J connectivity index is 1.45. The minimum Gasteiger partial charge on any atom is -0.467 e. The molecule has 0 unspecified atom stereocenters. The van der Waals surface area contributed by atoms with Crippen molar-refractivity contribution in [3.8, 4) is 11.4 Å². The highest BCUT2D eigenvalue weighted by Crippen LogP contribution is 2.27. The Kier molecular flexibility index (Phi) is 6.67. The number of hydrogen-bond acceptors (Lipinski definition) is 5. The topological polar surface area (TPSA) is 60.9 Å². The van der Waals surface area contributed by atoms with Crippen molar-refractivity contribution in [2.24, 2.45) is 0 Å². The van der Waals surface area contributed by atoms with Crippen LogP contribution < -0.4 is 0 Å². The van der Waals surface area contributed by atoms with Gasteiger partial charge in [-0.1, -0.05) is 53.7 Å². The Bertz CT molecular complexity index is 1090. The van der Waals surface area contributed by atoms with Crippen molar-refractivity contribution in [1.29, 1.82) is 0 Å². The molecule has 0 bridgehead atoms. The van der Waals surface area contributed by atoms with Crippen LogP contribution in [0.3, 0.4) is 0 Å². The van der Waals surface area contributed by atoms with E-state index in [2.05, 4.69) is 10.2 Å². The van der Waals surface area contributed by atoms with Gasteiger partial charge in [0.15, 0.2) is 16.8 Å². The van der Waals surface area contributed by atoms with Crippen LogP contribution in [0.2, 0.25) is 5.02 Å². The number of carbonyl (C=O) groups excluding carboxylic acids is 1. The molecule has 0 amide bonds. The van der Waals surface area contributed by atoms with E-state index < -0.39 is 0 Å². The number of rotatable bonds is 9. The maximum atomic E-state index is 12.3. The molecule has 30 heavy (non-hydrogen) atoms. The van der Waals surface area contributed by atoms with E-state index in [4.69, 9.17) is 16.0 Å². The van der Waals surface area contributed by atoms with Crippen molar-refractivity contribution in [3.63, 3.8) is 0 Å². The summed E-state index contributed by atoms with van der Waals surface area (Å²) >= 11 is 7.62. The summed E-state index contributed by atoms with van der Waals surface area (Å²) in [6.07, 6.45) is 2.93. The van der Waals surface area contributed by atoms with Crippen molar-refractivity contribution in [2.75, 3.05) is 5.75 Å². The Hall–Kier alpha value is -2.83. The predicted molar refractivity (Wildman–Crippen MR) is 119 cm³/mol. The molecule has 0 saturated heterocycles. The fraction of sp³-hybridized carbons (Fsp3) is 0.174. The van der Waals surface area contributed by atoms with Crippen molar-refractivity contribution in [2.45, 2.75) is 24.5 Å². The summed E-state index contributed by atoms with van der Waals surface area (Å²) in [5.41, 5.74) is 1.69. The second-order valence-electron chi connectivity index (χ2n) is 6.72. The van der Waals surface area contributed by atoms with Crippen molar-refractivity contribution >= 4 is 29.1 Å². The third kappa shape index (κ3) is 5.01. The highest BCUT2D eigenvalue weighted by atomic mass is 35.5. The Morgan fingerprint density at radius 3 is 2.53 bits per heavy atom. The summed E-state index contributed by atoms with van der Waals surface area (Å²) in [6.45, 7) is 0.531. The van der Waals surface area contributed by atoms with Crippen LogP contribution in [-0.4, -0.2) is 26.3 Å². The molecule has 0 N–H and O–H groups in total. The highest BCUT2D eigenvalue weighted by Gasteiger charge is 2.16. The molecule has 0 aliphatic rings. The lowest BCUT2D eigenvalue weighted by molar-refractivity contribution is 0.0982. The Morgan fingerprint density at radius 1 is 1.00 bits per heavy atom. The van der Waals surface area contributed by atoms with E-state index in [9.17, 15) is 4.79 Å². The van der Waals surface area contributed by atoms with Crippen LogP contribution in [0.15, 0.2) is 82.6 Å². The lowest BCUT2D eigenvalue weighted by atomic mass is 10.1. The number of carbonyl (C=O) groups is 1. The first-order chi connectivity index (χ1) is 14.7. The summed E-state index contributed by atoms with van der Waals surface area (Å²) in [6, 6.07) is 20.7. The van der Waals surface area contributed by atoms with Gasteiger partial charge in [0.25, 0.3) is 0 Å². The maximum Gasteiger partial charge on any atom is 0.191 e. The van der Waals surface area contributed by atoms with Gasteiger partial charge < -0.3 is 4.42 Å². The summed E-state index contributed by atoms with van der Waals surface area (Å²) in [5.74, 6) is 2.52. The minimum absolute atomic E-state index is 0.162. The molecular weight excluding hydrogens is 418 g/mol. The van der Waals surface area contributed by atoms with Gasteiger partial charge in [-0.05, 0) is 42.8 Å². The molecule has 152 valence electrons. The number of furan rings is 1. The zero-order chi connectivity index (χ0) is 20.8. The fourth-order valence-corrected chi connectivity index (χ4v) is 4.08. The average Bonchev–Trinajstić information content (AvgIpc) is 3.43. The number of Topliss-reactive ketones (excluding diaryl/α,β-unsaturated/α-hetero) is 1. The summed E-state index contributed by atoms with van der Waals surface area (Å²) in [7, 11) is 0. The number of nitrogens with zero attached hydrogens (tertiary/aromatic N) is 3. The van der Waals surface area contributed by atoms with E-state index in [0.717, 1.165) is 40.0 Å². The molecule has 0 fully saturated rings. The third-order valence-electron chi connectivity index (χ3n) is 4.59. The SMILES string of the molecule is O=C(CCCSc1nnc(-c2ccc(Cl)cc2)n1Cc1ccco1)c1ccccc1. The molecular formula is C23H20ClN3O2S. The van der Waals surface area contributed by atoms with Crippen LogP contribution in [0, 0.1) is 0 Å². The number of aromatic nitrogens is 3. The van der Waals surface area contributed by atoms with E-state index in [-0.39, 0.29) is 5.78 Å². The summed E-state index contributed by atoms with van der Waals surface area (Å²) in [4.78, 5) is 12.3. The zero-order valence-electron chi connectivity index (χ0n) is 16.2. The zero-order valence-corrected chi connectivity index (χ0v) is 17.8. The molecule has 0 aliphatic carbocycles. The summed E-state index contributed by atoms with van der Waals surface area (Å²) in [5, 5.41) is 10.3. The highest BCUT2D eigenvalue weighted by molar-refractivity contribution is 7.99. The van der Waals surface area contributed by atoms with E-state index >= 15 is 0 Å². The minimum atomic E-state index is 0.162. The van der Waals surface area contributed by atoms with Gasteiger partial charge in [0, 0.05) is 28.3 Å². The molecule has 7 heteroatoms. The number of ketones is 1. The van der Waals surface area contributed by atoms with Gasteiger partial charge in [-0.3, -0.25) is 9.36 Å². The second kappa shape index (κ2) is 9.78. The van der Waals surface area contributed by atoms with Crippen LogP contribution >= 0.6 is 23.4 Å². The molecule has 2 aromatic carbocycles. The van der Waals surface area contributed by atoms with Crippen LogP contribution in [0.1, 0.15) is 29.0 Å². The third-order valence-corrected chi connectivity index (χ3v) is 5.89. The number of halogens is 1. The van der Waals surface area contributed by atoms with Gasteiger partial charge in [0.1, 0.15) is 5.76 Å². The first-order valence-corrected chi connectivity index (χ1v) is 11.0. The standard InChI is InChI=1S/C23H20ClN3O2S/c24-19-12-10-18(11-13-19)22-25-26-23(27(22)16-20-8-4-14-29-20)30-15-5-9-21(28)17-6-2-1-3-7-17/h1-4,6-8,10-14H,5,9,15-16H2. The van der Waals surface area contributed by atoms with Crippen LogP contribution in [0.25, 0.3) is 11.4 Å². The van der Waals surface area contributed by atoms with Gasteiger partial charge >= 0.3 is 0 Å². The molecule has 0 aliphatic heterocycles.